The highest BCUT2D eigenvalue weighted by Crippen LogP contribution is 2.32. The molecule has 0 saturated carbocycles. The number of hydrogen-bond donors (Lipinski definition) is 2. The molecule has 0 bridgehead atoms. The lowest BCUT2D eigenvalue weighted by atomic mass is 10.1. The van der Waals surface area contributed by atoms with Crippen molar-refractivity contribution in [2.45, 2.75) is 13.0 Å². The van der Waals surface area contributed by atoms with Gasteiger partial charge in [-0.1, -0.05) is 12.1 Å². The average molecular weight is 353 g/mol. The van der Waals surface area contributed by atoms with Crippen molar-refractivity contribution in [2.75, 3.05) is 39.3 Å². The lowest BCUT2D eigenvalue weighted by molar-refractivity contribution is 0.0765. The van der Waals surface area contributed by atoms with Crippen molar-refractivity contribution < 1.29 is 9.53 Å². The predicted molar refractivity (Wildman–Crippen MR) is 98.1 cm³/mol. The number of carbonyl (C=O) groups is 1. The first-order valence-electron chi connectivity index (χ1n) is 9.11. The van der Waals surface area contributed by atoms with Gasteiger partial charge in [0.2, 0.25) is 0 Å². The quantitative estimate of drug-likeness (QED) is 0.841. The first-order valence-corrected chi connectivity index (χ1v) is 9.11. The second-order valence-corrected chi connectivity index (χ2v) is 6.51. The zero-order chi connectivity index (χ0) is 17.8. The van der Waals surface area contributed by atoms with Crippen LogP contribution in [-0.2, 0) is 6.54 Å². The van der Waals surface area contributed by atoms with Crippen LogP contribution in [0.5, 0.6) is 5.75 Å². The summed E-state index contributed by atoms with van der Waals surface area (Å²) in [5.74, 6) is 1.40. The Kier molecular flexibility index (Phi) is 5.08. The van der Waals surface area contributed by atoms with Gasteiger partial charge in [-0.2, -0.15) is 0 Å². The molecular formula is C19H23N5O2. The molecule has 0 unspecified atom stereocenters. The fraction of sp³-hybridized carbons (Fsp3) is 0.421. The van der Waals surface area contributed by atoms with E-state index < -0.39 is 0 Å². The number of ether oxygens (including phenoxy) is 1. The molecule has 0 aliphatic carbocycles. The smallest absolute Gasteiger partial charge is 0.257 e. The maximum Gasteiger partial charge on any atom is 0.257 e. The Morgan fingerprint density at radius 3 is 2.85 bits per heavy atom. The molecule has 3 heterocycles. The summed E-state index contributed by atoms with van der Waals surface area (Å²) >= 11 is 0. The molecule has 2 aliphatic heterocycles. The van der Waals surface area contributed by atoms with Gasteiger partial charge in [0.1, 0.15) is 12.4 Å². The molecule has 1 aromatic carbocycles. The van der Waals surface area contributed by atoms with E-state index in [1.165, 1.54) is 0 Å². The number of hydrogen-bond acceptors (Lipinski definition) is 6. The molecule has 7 heteroatoms. The number of rotatable bonds is 2. The SMILES string of the molecule is O=C(c1cnc(-c2cccc3c2OCCNC3)nc1)N1CCCNCC1. The van der Waals surface area contributed by atoms with E-state index >= 15 is 0 Å². The summed E-state index contributed by atoms with van der Waals surface area (Å²) in [4.78, 5) is 23.4. The Bertz CT molecular complexity index is 770. The van der Waals surface area contributed by atoms with Gasteiger partial charge in [-0.3, -0.25) is 4.79 Å². The molecule has 1 fully saturated rings. The van der Waals surface area contributed by atoms with Gasteiger partial charge in [0.15, 0.2) is 5.82 Å². The minimum atomic E-state index is -0.00686. The van der Waals surface area contributed by atoms with Crippen LogP contribution in [0.15, 0.2) is 30.6 Å². The first kappa shape index (κ1) is 16.9. The van der Waals surface area contributed by atoms with Crippen molar-refractivity contribution in [2.24, 2.45) is 0 Å². The topological polar surface area (TPSA) is 79.4 Å². The number of aromatic nitrogens is 2. The summed E-state index contributed by atoms with van der Waals surface area (Å²) in [6, 6.07) is 5.99. The Balaban J connectivity index is 1.57. The molecule has 2 aliphatic rings. The lowest BCUT2D eigenvalue weighted by Gasteiger charge is -2.19. The lowest BCUT2D eigenvalue weighted by Crippen LogP contribution is -2.34. The molecule has 1 saturated heterocycles. The van der Waals surface area contributed by atoms with Gasteiger partial charge in [-0.25, -0.2) is 9.97 Å². The summed E-state index contributed by atoms with van der Waals surface area (Å²) in [5, 5.41) is 6.63. The summed E-state index contributed by atoms with van der Waals surface area (Å²) < 4.78 is 5.90. The van der Waals surface area contributed by atoms with Crippen LogP contribution >= 0.6 is 0 Å². The third-order valence-electron chi connectivity index (χ3n) is 4.70. The van der Waals surface area contributed by atoms with Gasteiger partial charge in [0, 0.05) is 50.7 Å². The standard InChI is InChI=1S/C19H23N5O2/c25-19(24-8-2-5-20-6-9-24)15-12-22-18(23-13-15)16-4-1-3-14-11-21-7-10-26-17(14)16/h1,3-4,12-13,20-21H,2,5-11H2. The fourth-order valence-electron chi connectivity index (χ4n) is 3.33. The number of amides is 1. The Morgan fingerprint density at radius 2 is 1.96 bits per heavy atom. The number of nitrogens with zero attached hydrogens (tertiary/aromatic N) is 3. The molecular weight excluding hydrogens is 330 g/mol. The molecule has 0 spiro atoms. The van der Waals surface area contributed by atoms with Crippen LogP contribution in [0.3, 0.4) is 0 Å². The van der Waals surface area contributed by atoms with Crippen LogP contribution in [0.1, 0.15) is 22.3 Å². The summed E-state index contributed by atoms with van der Waals surface area (Å²) in [7, 11) is 0. The highest BCUT2D eigenvalue weighted by Gasteiger charge is 2.19. The van der Waals surface area contributed by atoms with Crippen molar-refractivity contribution in [1.29, 1.82) is 0 Å². The Morgan fingerprint density at radius 1 is 1.08 bits per heavy atom. The van der Waals surface area contributed by atoms with Crippen molar-refractivity contribution >= 4 is 5.91 Å². The van der Waals surface area contributed by atoms with Crippen LogP contribution in [0.25, 0.3) is 11.4 Å². The van der Waals surface area contributed by atoms with Crippen molar-refractivity contribution in [1.82, 2.24) is 25.5 Å². The average Bonchev–Trinajstić information content (AvgIpc) is 3.10. The Hall–Kier alpha value is -2.51. The molecule has 1 aromatic heterocycles. The maximum absolute atomic E-state index is 12.7. The zero-order valence-corrected chi connectivity index (χ0v) is 14.7. The van der Waals surface area contributed by atoms with E-state index in [-0.39, 0.29) is 5.91 Å². The van der Waals surface area contributed by atoms with E-state index in [0.29, 0.717) is 24.5 Å². The van der Waals surface area contributed by atoms with Crippen molar-refractivity contribution in [3.63, 3.8) is 0 Å². The van der Waals surface area contributed by atoms with E-state index in [4.69, 9.17) is 4.74 Å². The molecule has 2 N–H and O–H groups in total. The zero-order valence-electron chi connectivity index (χ0n) is 14.7. The van der Waals surface area contributed by atoms with Gasteiger partial charge in [0.25, 0.3) is 5.91 Å². The largest absolute Gasteiger partial charge is 0.491 e. The van der Waals surface area contributed by atoms with Crippen LogP contribution < -0.4 is 15.4 Å². The third-order valence-corrected chi connectivity index (χ3v) is 4.70. The number of benzene rings is 1. The van der Waals surface area contributed by atoms with Crippen molar-refractivity contribution in [3.8, 4) is 17.1 Å². The number of carbonyl (C=O) groups excluding carboxylic acids is 1. The number of fused-ring (bicyclic) bond motifs is 1. The van der Waals surface area contributed by atoms with E-state index in [1.54, 1.807) is 12.4 Å². The number of para-hydroxylation sites is 1. The van der Waals surface area contributed by atoms with Gasteiger partial charge >= 0.3 is 0 Å². The van der Waals surface area contributed by atoms with Gasteiger partial charge in [0.05, 0.1) is 11.1 Å². The molecule has 7 nitrogen and oxygen atoms in total. The van der Waals surface area contributed by atoms with Crippen LogP contribution in [0.2, 0.25) is 0 Å². The first-order chi connectivity index (χ1) is 12.8. The minimum absolute atomic E-state index is 0.00686. The molecule has 26 heavy (non-hydrogen) atoms. The highest BCUT2D eigenvalue weighted by atomic mass is 16.5. The van der Waals surface area contributed by atoms with Gasteiger partial charge < -0.3 is 20.3 Å². The summed E-state index contributed by atoms with van der Waals surface area (Å²) in [6.45, 7) is 5.45. The second-order valence-electron chi connectivity index (χ2n) is 6.51. The van der Waals surface area contributed by atoms with Gasteiger partial charge in [-0.05, 0) is 19.0 Å². The van der Waals surface area contributed by atoms with Gasteiger partial charge in [-0.15, -0.1) is 0 Å². The maximum atomic E-state index is 12.7. The molecule has 1 amide bonds. The highest BCUT2D eigenvalue weighted by molar-refractivity contribution is 5.93. The molecule has 2 aromatic rings. The Labute approximate surface area is 152 Å². The predicted octanol–water partition coefficient (Wildman–Crippen LogP) is 1.06. The van der Waals surface area contributed by atoms with Crippen LogP contribution in [0, 0.1) is 0 Å². The molecule has 0 atom stereocenters. The van der Waals surface area contributed by atoms with E-state index in [9.17, 15) is 4.79 Å². The van der Waals surface area contributed by atoms with E-state index in [2.05, 4.69) is 20.6 Å². The number of nitrogens with one attached hydrogen (secondary N) is 2. The van der Waals surface area contributed by atoms with Crippen molar-refractivity contribution in [3.05, 3.63) is 41.7 Å². The summed E-state index contributed by atoms with van der Waals surface area (Å²) in [6.07, 6.45) is 4.21. The van der Waals surface area contributed by atoms with E-state index in [1.807, 2.05) is 23.1 Å². The normalized spacial score (nSPS) is 17.6. The second kappa shape index (κ2) is 7.80. The third kappa shape index (κ3) is 3.54. The molecule has 0 radical (unpaired) electrons. The summed E-state index contributed by atoms with van der Waals surface area (Å²) in [5.41, 5.74) is 2.49. The minimum Gasteiger partial charge on any atom is -0.491 e. The fourth-order valence-corrected chi connectivity index (χ4v) is 3.33. The molecule has 136 valence electrons. The van der Waals surface area contributed by atoms with E-state index in [0.717, 1.165) is 56.0 Å². The van der Waals surface area contributed by atoms with Crippen LogP contribution in [0.4, 0.5) is 0 Å². The van der Waals surface area contributed by atoms with Crippen LogP contribution in [-0.4, -0.2) is 60.1 Å². The molecule has 4 rings (SSSR count). The monoisotopic (exact) mass is 353 g/mol.